The molecule has 1 amide bonds. The maximum atomic E-state index is 11.5. The Morgan fingerprint density at radius 3 is 2.93 bits per heavy atom. The van der Waals surface area contributed by atoms with Crippen LogP contribution < -0.4 is 4.90 Å². The number of rotatable bonds is 1. The first kappa shape index (κ1) is 11.1. The van der Waals surface area contributed by atoms with E-state index in [1.807, 2.05) is 0 Å². The highest BCUT2D eigenvalue weighted by molar-refractivity contribution is 14.1. The second-order valence-corrected chi connectivity index (χ2v) is 4.89. The summed E-state index contributed by atoms with van der Waals surface area (Å²) < 4.78 is 0.838. The number of amides is 1. The molecule has 1 saturated heterocycles. The van der Waals surface area contributed by atoms with Gasteiger partial charge in [0, 0.05) is 12.3 Å². The number of hydrogen-bond donors (Lipinski definition) is 1. The second-order valence-electron chi connectivity index (χ2n) is 3.32. The van der Waals surface area contributed by atoms with Crippen molar-refractivity contribution in [1.82, 2.24) is 4.98 Å². The largest absolute Gasteiger partial charge is 0.391 e. The van der Waals surface area contributed by atoms with Crippen molar-refractivity contribution in [1.29, 1.82) is 0 Å². The van der Waals surface area contributed by atoms with Crippen LogP contribution in [0.3, 0.4) is 0 Å². The highest BCUT2D eigenvalue weighted by atomic mass is 127. The van der Waals surface area contributed by atoms with Gasteiger partial charge < -0.3 is 5.11 Å². The fourth-order valence-corrected chi connectivity index (χ4v) is 1.90. The van der Waals surface area contributed by atoms with E-state index in [-0.39, 0.29) is 12.3 Å². The van der Waals surface area contributed by atoms with Crippen LogP contribution in [-0.4, -0.2) is 28.6 Å². The van der Waals surface area contributed by atoms with Gasteiger partial charge in [-0.2, -0.15) is 0 Å². The van der Waals surface area contributed by atoms with Crippen LogP contribution in [0.15, 0.2) is 12.3 Å². The predicted octanol–water partition coefficient (Wildman–Crippen LogP) is 1.44. The first-order valence-electron chi connectivity index (χ1n) is 4.37. The van der Waals surface area contributed by atoms with Crippen LogP contribution >= 0.6 is 34.2 Å². The fourth-order valence-electron chi connectivity index (χ4n) is 1.46. The topological polar surface area (TPSA) is 53.4 Å². The maximum Gasteiger partial charge on any atom is 0.230 e. The smallest absolute Gasteiger partial charge is 0.230 e. The van der Waals surface area contributed by atoms with Gasteiger partial charge in [-0.25, -0.2) is 4.98 Å². The lowest BCUT2D eigenvalue weighted by molar-refractivity contribution is -0.117. The summed E-state index contributed by atoms with van der Waals surface area (Å²) in [6.45, 7) is 0.294. The summed E-state index contributed by atoms with van der Waals surface area (Å²) in [4.78, 5) is 17.0. The molecule has 1 aliphatic rings. The van der Waals surface area contributed by atoms with Gasteiger partial charge in [0.25, 0.3) is 0 Å². The molecule has 1 aromatic rings. The van der Waals surface area contributed by atoms with Crippen molar-refractivity contribution in [3.63, 3.8) is 0 Å². The van der Waals surface area contributed by atoms with E-state index in [1.165, 1.54) is 4.90 Å². The van der Waals surface area contributed by atoms with Crippen molar-refractivity contribution in [2.75, 3.05) is 11.4 Å². The summed E-state index contributed by atoms with van der Waals surface area (Å²) in [6, 6.07) is 1.64. The zero-order valence-corrected chi connectivity index (χ0v) is 10.6. The van der Waals surface area contributed by atoms with E-state index >= 15 is 0 Å². The number of carbonyl (C=O) groups excluding carboxylic acids is 1. The minimum Gasteiger partial charge on any atom is -0.391 e. The molecule has 0 spiro atoms. The van der Waals surface area contributed by atoms with Gasteiger partial charge in [0.2, 0.25) is 5.91 Å². The number of hydrogen-bond acceptors (Lipinski definition) is 3. The third kappa shape index (κ3) is 2.24. The molecule has 1 aliphatic heterocycles. The Kier molecular flexibility index (Phi) is 3.13. The minimum atomic E-state index is -0.600. The van der Waals surface area contributed by atoms with Crippen LogP contribution in [0.2, 0.25) is 5.02 Å². The number of nitrogens with zero attached hydrogens (tertiary/aromatic N) is 2. The molecule has 0 bridgehead atoms. The average Bonchev–Trinajstić information content (AvgIpc) is 2.50. The van der Waals surface area contributed by atoms with Gasteiger partial charge in [-0.1, -0.05) is 11.6 Å². The highest BCUT2D eigenvalue weighted by Gasteiger charge is 2.30. The molecular weight excluding hydrogens is 330 g/mol. The van der Waals surface area contributed by atoms with E-state index in [2.05, 4.69) is 27.6 Å². The quantitative estimate of drug-likeness (QED) is 0.788. The fraction of sp³-hybridized carbons (Fsp3) is 0.333. The second kappa shape index (κ2) is 4.23. The standard InChI is InChI=1S/C9H8ClIN2O2/c10-6-2-8(12-3-7(6)11)13-4-5(14)1-9(13)15/h2-3,5,14H,1,4H2. The van der Waals surface area contributed by atoms with E-state index in [4.69, 9.17) is 11.6 Å². The van der Waals surface area contributed by atoms with E-state index in [0.717, 1.165) is 3.57 Å². The van der Waals surface area contributed by atoms with Gasteiger partial charge >= 0.3 is 0 Å². The van der Waals surface area contributed by atoms with Crippen molar-refractivity contribution in [3.8, 4) is 0 Å². The van der Waals surface area contributed by atoms with Gasteiger partial charge in [0.15, 0.2) is 0 Å². The van der Waals surface area contributed by atoms with Gasteiger partial charge in [-0.05, 0) is 22.6 Å². The zero-order valence-electron chi connectivity index (χ0n) is 7.65. The number of carbonyl (C=O) groups is 1. The van der Waals surface area contributed by atoms with Crippen LogP contribution in [0.1, 0.15) is 6.42 Å². The molecule has 0 radical (unpaired) electrons. The average molecular weight is 339 g/mol. The Hall–Kier alpha value is -0.400. The highest BCUT2D eigenvalue weighted by Crippen LogP contribution is 2.25. The number of β-amino-alcohol motifs (C(OH)–C–C–N with tert-alkyl or cyclic N) is 1. The lowest BCUT2D eigenvalue weighted by Gasteiger charge is -2.14. The van der Waals surface area contributed by atoms with Crippen molar-refractivity contribution in [3.05, 3.63) is 20.9 Å². The molecule has 1 atom stereocenters. The molecule has 1 N–H and O–H groups in total. The van der Waals surface area contributed by atoms with E-state index in [9.17, 15) is 9.90 Å². The summed E-state index contributed by atoms with van der Waals surface area (Å²) in [5.41, 5.74) is 0. The molecule has 0 saturated carbocycles. The molecule has 2 rings (SSSR count). The van der Waals surface area contributed by atoms with E-state index < -0.39 is 6.10 Å². The number of pyridine rings is 1. The molecule has 1 unspecified atom stereocenters. The summed E-state index contributed by atoms with van der Waals surface area (Å²) >= 11 is 7.99. The molecule has 1 fully saturated rings. The number of aromatic nitrogens is 1. The van der Waals surface area contributed by atoms with E-state index in [1.54, 1.807) is 12.3 Å². The van der Waals surface area contributed by atoms with Crippen molar-refractivity contribution in [2.45, 2.75) is 12.5 Å². The van der Waals surface area contributed by atoms with Crippen molar-refractivity contribution in [2.24, 2.45) is 0 Å². The monoisotopic (exact) mass is 338 g/mol. The van der Waals surface area contributed by atoms with Gasteiger partial charge in [-0.3, -0.25) is 9.69 Å². The molecular formula is C9H8ClIN2O2. The first-order valence-corrected chi connectivity index (χ1v) is 5.83. The van der Waals surface area contributed by atoms with Gasteiger partial charge in [0.05, 0.1) is 27.7 Å². The number of aliphatic hydroxyl groups is 1. The predicted molar refractivity (Wildman–Crippen MR) is 64.9 cm³/mol. The summed E-state index contributed by atoms with van der Waals surface area (Å²) in [6.07, 6.45) is 1.17. The number of anilines is 1. The SMILES string of the molecule is O=C1CC(O)CN1c1cc(Cl)c(I)cn1. The lowest BCUT2D eigenvalue weighted by atomic mass is 10.3. The van der Waals surface area contributed by atoms with Gasteiger partial charge in [0.1, 0.15) is 5.82 Å². The van der Waals surface area contributed by atoms with Crippen LogP contribution in [-0.2, 0) is 4.79 Å². The molecule has 6 heteroatoms. The Balaban J connectivity index is 2.30. The molecule has 80 valence electrons. The lowest BCUT2D eigenvalue weighted by Crippen LogP contribution is -2.26. The molecule has 0 aliphatic carbocycles. The summed E-state index contributed by atoms with van der Waals surface area (Å²) in [7, 11) is 0. The molecule has 4 nitrogen and oxygen atoms in total. The third-order valence-electron chi connectivity index (χ3n) is 2.18. The maximum absolute atomic E-state index is 11.5. The van der Waals surface area contributed by atoms with E-state index in [0.29, 0.717) is 17.4 Å². The molecule has 2 heterocycles. The first-order chi connectivity index (χ1) is 7.08. The van der Waals surface area contributed by atoms with Crippen LogP contribution in [0.25, 0.3) is 0 Å². The molecule has 1 aromatic heterocycles. The van der Waals surface area contributed by atoms with Crippen LogP contribution in [0, 0.1) is 3.57 Å². The minimum absolute atomic E-state index is 0.118. The summed E-state index contributed by atoms with van der Waals surface area (Å²) in [5, 5.41) is 9.90. The Morgan fingerprint density at radius 1 is 1.67 bits per heavy atom. The normalized spacial score (nSPS) is 21.1. The number of halogens is 2. The summed E-state index contributed by atoms with van der Waals surface area (Å²) in [5.74, 6) is 0.384. The van der Waals surface area contributed by atoms with Crippen LogP contribution in [0.4, 0.5) is 5.82 Å². The van der Waals surface area contributed by atoms with Crippen LogP contribution in [0.5, 0.6) is 0 Å². The molecule has 0 aromatic carbocycles. The molecule has 15 heavy (non-hydrogen) atoms. The van der Waals surface area contributed by atoms with Gasteiger partial charge in [-0.15, -0.1) is 0 Å². The Labute approximate surface area is 105 Å². The Bertz CT molecular complexity index is 413. The van der Waals surface area contributed by atoms with Crippen molar-refractivity contribution >= 4 is 45.9 Å². The Morgan fingerprint density at radius 2 is 2.40 bits per heavy atom. The zero-order chi connectivity index (χ0) is 11.0. The van der Waals surface area contributed by atoms with Crippen molar-refractivity contribution < 1.29 is 9.90 Å². The number of aliphatic hydroxyl groups excluding tert-OH is 1. The third-order valence-corrected chi connectivity index (χ3v) is 3.67.